The minimum absolute atomic E-state index is 0.120. The first-order valence-electron chi connectivity index (χ1n) is 5.93. The lowest BCUT2D eigenvalue weighted by molar-refractivity contribution is 0.438. The van der Waals surface area contributed by atoms with Gasteiger partial charge in [-0.05, 0) is 29.6 Å². The molecule has 114 valence electrons. The van der Waals surface area contributed by atoms with E-state index in [-0.39, 0.29) is 5.88 Å². The summed E-state index contributed by atoms with van der Waals surface area (Å²) >= 11 is 1.46. The zero-order chi connectivity index (χ0) is 15.7. The standard InChI is InChI=1S/C13H8F2N2O3S2/c14-10-2-1-9(5-11(10)15)22(18,19)17-13-6-12(16-20-13)8-3-4-21-7-8/h1-7,17H. The molecule has 1 N–H and O–H groups in total. The second-order valence-electron chi connectivity index (χ2n) is 4.27. The van der Waals surface area contributed by atoms with Crippen LogP contribution < -0.4 is 4.72 Å². The van der Waals surface area contributed by atoms with Gasteiger partial charge in [0.25, 0.3) is 10.0 Å². The van der Waals surface area contributed by atoms with Crippen LogP contribution in [0.15, 0.2) is 50.5 Å². The molecule has 9 heteroatoms. The lowest BCUT2D eigenvalue weighted by atomic mass is 10.2. The highest BCUT2D eigenvalue weighted by Crippen LogP contribution is 2.25. The molecule has 22 heavy (non-hydrogen) atoms. The number of hydrogen-bond donors (Lipinski definition) is 1. The van der Waals surface area contributed by atoms with Crippen LogP contribution in [0.5, 0.6) is 0 Å². The minimum atomic E-state index is -4.10. The van der Waals surface area contributed by atoms with Gasteiger partial charge in [0.05, 0.1) is 4.90 Å². The lowest BCUT2D eigenvalue weighted by Crippen LogP contribution is -2.12. The van der Waals surface area contributed by atoms with E-state index in [1.165, 1.54) is 17.4 Å². The van der Waals surface area contributed by atoms with Crippen molar-refractivity contribution in [2.24, 2.45) is 0 Å². The number of sulfonamides is 1. The molecule has 0 bridgehead atoms. The van der Waals surface area contributed by atoms with E-state index in [0.29, 0.717) is 11.8 Å². The molecule has 0 spiro atoms. The maximum Gasteiger partial charge on any atom is 0.264 e. The molecule has 3 rings (SSSR count). The van der Waals surface area contributed by atoms with E-state index in [2.05, 4.69) is 9.88 Å². The summed E-state index contributed by atoms with van der Waals surface area (Å²) in [7, 11) is -4.10. The molecule has 3 aromatic rings. The van der Waals surface area contributed by atoms with Crippen LogP contribution in [0.2, 0.25) is 0 Å². The van der Waals surface area contributed by atoms with Gasteiger partial charge < -0.3 is 4.52 Å². The highest BCUT2D eigenvalue weighted by molar-refractivity contribution is 7.92. The summed E-state index contributed by atoms with van der Waals surface area (Å²) in [5.74, 6) is -2.50. The first kappa shape index (κ1) is 14.7. The molecule has 2 aromatic heterocycles. The van der Waals surface area contributed by atoms with E-state index < -0.39 is 26.6 Å². The Kier molecular flexibility index (Phi) is 3.67. The van der Waals surface area contributed by atoms with Gasteiger partial charge in [-0.1, -0.05) is 5.16 Å². The number of halogens is 2. The normalized spacial score (nSPS) is 11.5. The topological polar surface area (TPSA) is 72.2 Å². The predicted molar refractivity (Wildman–Crippen MR) is 77.0 cm³/mol. The zero-order valence-electron chi connectivity index (χ0n) is 10.8. The number of hydrogen-bond acceptors (Lipinski definition) is 5. The van der Waals surface area contributed by atoms with E-state index in [4.69, 9.17) is 4.52 Å². The fourth-order valence-corrected chi connectivity index (χ4v) is 3.34. The molecular weight excluding hydrogens is 334 g/mol. The summed E-state index contributed by atoms with van der Waals surface area (Å²) in [5, 5.41) is 7.41. The van der Waals surface area contributed by atoms with Crippen LogP contribution in [-0.4, -0.2) is 13.6 Å². The van der Waals surface area contributed by atoms with Crippen molar-refractivity contribution in [3.63, 3.8) is 0 Å². The van der Waals surface area contributed by atoms with Crippen molar-refractivity contribution < 1.29 is 21.7 Å². The lowest BCUT2D eigenvalue weighted by Gasteiger charge is -2.04. The number of nitrogens with one attached hydrogen (secondary N) is 1. The van der Waals surface area contributed by atoms with Crippen LogP contribution in [0, 0.1) is 11.6 Å². The molecule has 1 aromatic carbocycles. The molecule has 0 saturated carbocycles. The summed E-state index contributed by atoms with van der Waals surface area (Å²) in [6.45, 7) is 0. The molecule has 0 saturated heterocycles. The number of anilines is 1. The molecule has 0 atom stereocenters. The van der Waals surface area contributed by atoms with Crippen molar-refractivity contribution >= 4 is 27.2 Å². The maximum atomic E-state index is 13.1. The minimum Gasteiger partial charge on any atom is -0.337 e. The predicted octanol–water partition coefficient (Wildman–Crippen LogP) is 3.48. The quantitative estimate of drug-likeness (QED) is 0.788. The van der Waals surface area contributed by atoms with Gasteiger partial charge in [0.1, 0.15) is 5.69 Å². The smallest absolute Gasteiger partial charge is 0.264 e. The third kappa shape index (κ3) is 2.85. The van der Waals surface area contributed by atoms with E-state index in [0.717, 1.165) is 17.7 Å². The van der Waals surface area contributed by atoms with E-state index in [9.17, 15) is 17.2 Å². The largest absolute Gasteiger partial charge is 0.337 e. The third-order valence-electron chi connectivity index (χ3n) is 2.76. The van der Waals surface area contributed by atoms with Crippen molar-refractivity contribution in [2.75, 3.05) is 4.72 Å². The fourth-order valence-electron chi connectivity index (χ4n) is 1.70. The molecular formula is C13H8F2N2O3S2. The van der Waals surface area contributed by atoms with Crippen LogP contribution in [0.4, 0.5) is 14.7 Å². The van der Waals surface area contributed by atoms with Gasteiger partial charge in [-0.15, -0.1) is 0 Å². The van der Waals surface area contributed by atoms with Gasteiger partial charge in [-0.2, -0.15) is 11.3 Å². The molecule has 2 heterocycles. The van der Waals surface area contributed by atoms with Crippen molar-refractivity contribution in [1.29, 1.82) is 0 Å². The average Bonchev–Trinajstić information content (AvgIpc) is 3.11. The summed E-state index contributed by atoms with van der Waals surface area (Å²) < 4.78 is 57.2. The molecule has 5 nitrogen and oxygen atoms in total. The Balaban J connectivity index is 1.87. The van der Waals surface area contributed by atoms with Gasteiger partial charge >= 0.3 is 0 Å². The molecule has 0 aliphatic carbocycles. The average molecular weight is 342 g/mol. The second-order valence-corrected chi connectivity index (χ2v) is 6.73. The molecule has 0 unspecified atom stereocenters. The summed E-state index contributed by atoms with van der Waals surface area (Å²) in [6, 6.07) is 5.49. The summed E-state index contributed by atoms with van der Waals surface area (Å²) in [4.78, 5) is -0.417. The van der Waals surface area contributed by atoms with Gasteiger partial charge in [0.15, 0.2) is 11.6 Å². The number of benzene rings is 1. The third-order valence-corrected chi connectivity index (χ3v) is 4.79. The second kappa shape index (κ2) is 5.50. The van der Waals surface area contributed by atoms with Crippen molar-refractivity contribution in [3.8, 4) is 11.3 Å². The first-order chi connectivity index (χ1) is 10.5. The van der Waals surface area contributed by atoms with Crippen molar-refractivity contribution in [3.05, 3.63) is 52.7 Å². The van der Waals surface area contributed by atoms with E-state index >= 15 is 0 Å². The number of nitrogens with zero attached hydrogens (tertiary/aromatic N) is 1. The molecule has 0 amide bonds. The fraction of sp³-hybridized carbons (Fsp3) is 0. The number of thiophene rings is 1. The first-order valence-corrected chi connectivity index (χ1v) is 8.35. The Bertz CT molecular complexity index is 905. The monoisotopic (exact) mass is 342 g/mol. The van der Waals surface area contributed by atoms with Crippen LogP contribution in [0.25, 0.3) is 11.3 Å². The van der Waals surface area contributed by atoms with Crippen molar-refractivity contribution in [1.82, 2.24) is 5.16 Å². The highest BCUT2D eigenvalue weighted by atomic mass is 32.2. The van der Waals surface area contributed by atoms with E-state index in [1.54, 1.807) is 6.07 Å². The van der Waals surface area contributed by atoms with Crippen LogP contribution in [0.1, 0.15) is 0 Å². The maximum absolute atomic E-state index is 13.1. The summed E-state index contributed by atoms with van der Waals surface area (Å²) in [5.41, 5.74) is 1.25. The Labute approximate surface area is 128 Å². The Morgan fingerprint density at radius 1 is 1.14 bits per heavy atom. The van der Waals surface area contributed by atoms with Gasteiger partial charge in [-0.3, -0.25) is 0 Å². The van der Waals surface area contributed by atoms with Crippen molar-refractivity contribution in [2.45, 2.75) is 4.90 Å². The highest BCUT2D eigenvalue weighted by Gasteiger charge is 2.19. The zero-order valence-corrected chi connectivity index (χ0v) is 12.4. The van der Waals surface area contributed by atoms with Crippen LogP contribution in [0.3, 0.4) is 0 Å². The Hall–Kier alpha value is -2.26. The van der Waals surface area contributed by atoms with Crippen LogP contribution in [-0.2, 0) is 10.0 Å². The number of aromatic nitrogens is 1. The van der Waals surface area contributed by atoms with Gasteiger partial charge in [0.2, 0.25) is 5.88 Å². The Morgan fingerprint density at radius 2 is 1.95 bits per heavy atom. The Morgan fingerprint density at radius 3 is 2.64 bits per heavy atom. The SMILES string of the molecule is O=S(=O)(Nc1cc(-c2ccsc2)no1)c1ccc(F)c(F)c1. The molecule has 0 aliphatic heterocycles. The van der Waals surface area contributed by atoms with Gasteiger partial charge in [-0.25, -0.2) is 21.9 Å². The number of rotatable bonds is 4. The molecule has 0 aliphatic rings. The summed E-state index contributed by atoms with van der Waals surface area (Å²) in [6.07, 6.45) is 0. The molecule has 0 radical (unpaired) electrons. The van der Waals surface area contributed by atoms with E-state index in [1.807, 2.05) is 10.8 Å². The molecule has 0 fully saturated rings. The van der Waals surface area contributed by atoms with Crippen LogP contribution >= 0.6 is 11.3 Å². The van der Waals surface area contributed by atoms with Gasteiger partial charge in [0, 0.05) is 17.0 Å².